The van der Waals surface area contributed by atoms with Crippen LogP contribution < -0.4 is 0 Å². The molecule has 0 unspecified atom stereocenters. The number of hydrogen-bond acceptors (Lipinski definition) is 2. The van der Waals surface area contributed by atoms with Crippen LogP contribution in [0.1, 0.15) is 40.8 Å². The third-order valence-corrected chi connectivity index (χ3v) is 14.8. The molecule has 0 atom stereocenters. The first kappa shape index (κ1) is 32.0. The quantitative estimate of drug-likeness (QED) is 0.160. The van der Waals surface area contributed by atoms with E-state index < -0.39 is 5.41 Å². The third-order valence-electron chi connectivity index (χ3n) is 13.6. The van der Waals surface area contributed by atoms with E-state index in [4.69, 9.17) is 4.98 Å². The van der Waals surface area contributed by atoms with Crippen LogP contribution in [0.15, 0.2) is 182 Å². The molecule has 3 heteroatoms. The fraction of sp³-hybridized carbons (Fsp3) is 0.0536. The van der Waals surface area contributed by atoms with E-state index in [0.717, 1.165) is 24.1 Å². The standard InChI is InChI=1S/C56H34N2S/c1-7-22-44-35(16-1)36-17-2-8-23-45(36)56(44)46-24-9-3-20-39(46)54-47(56)29-28-41-53(54)40-21-4-10-25-48(40)57-55(41)33-14-13-15-34(30-33)58-49-26-11-5-18-37(49)42-31-43-38-19-6-12-27-51(38)59-52(43)32-50(42)58/h1-12,15-32H,13-14H2. The lowest BCUT2D eigenvalue weighted by Crippen LogP contribution is -2.25. The molecule has 1 spiro atoms. The van der Waals surface area contributed by atoms with E-state index in [9.17, 15) is 0 Å². The molecule has 8 aromatic carbocycles. The van der Waals surface area contributed by atoms with Gasteiger partial charge in [-0.15, -0.1) is 11.3 Å². The number of aromatic nitrogens is 2. The van der Waals surface area contributed by atoms with Crippen molar-refractivity contribution in [2.45, 2.75) is 18.3 Å². The number of para-hydroxylation sites is 2. The lowest BCUT2D eigenvalue weighted by molar-refractivity contribution is 0.794. The van der Waals surface area contributed by atoms with E-state index >= 15 is 0 Å². The van der Waals surface area contributed by atoms with Crippen LogP contribution in [0.4, 0.5) is 0 Å². The second-order valence-electron chi connectivity index (χ2n) is 16.4. The van der Waals surface area contributed by atoms with Crippen molar-refractivity contribution in [3.63, 3.8) is 0 Å². The second kappa shape index (κ2) is 11.5. The molecule has 59 heavy (non-hydrogen) atoms. The highest BCUT2D eigenvalue weighted by Gasteiger charge is 2.52. The van der Waals surface area contributed by atoms with Crippen molar-refractivity contribution >= 4 is 86.3 Å². The summed E-state index contributed by atoms with van der Waals surface area (Å²) in [6.07, 6.45) is 6.74. The molecular formula is C56H34N2S. The summed E-state index contributed by atoms with van der Waals surface area (Å²) < 4.78 is 5.16. The summed E-state index contributed by atoms with van der Waals surface area (Å²) in [4.78, 5) is 5.57. The fourth-order valence-electron chi connectivity index (χ4n) is 11.4. The zero-order valence-corrected chi connectivity index (χ0v) is 32.9. The molecule has 0 fully saturated rings. The molecule has 11 aromatic rings. The topological polar surface area (TPSA) is 17.8 Å². The Balaban J connectivity index is 1.03. The van der Waals surface area contributed by atoms with E-state index in [1.165, 1.54) is 114 Å². The Labute approximate surface area is 344 Å². The van der Waals surface area contributed by atoms with Gasteiger partial charge in [-0.25, -0.2) is 4.98 Å². The molecule has 3 heterocycles. The van der Waals surface area contributed by atoms with Gasteiger partial charge in [-0.2, -0.15) is 0 Å². The summed E-state index contributed by atoms with van der Waals surface area (Å²) in [5.74, 6) is 0. The van der Waals surface area contributed by atoms with Crippen molar-refractivity contribution in [3.8, 4) is 22.3 Å². The first-order valence-corrected chi connectivity index (χ1v) is 21.5. The number of fused-ring (bicyclic) bond motifs is 20. The number of thiophene rings is 1. The lowest BCUT2D eigenvalue weighted by Gasteiger charge is -2.30. The van der Waals surface area contributed by atoms with Crippen LogP contribution in [0.3, 0.4) is 0 Å². The zero-order valence-electron chi connectivity index (χ0n) is 32.0. The normalized spacial score (nSPS) is 15.0. The molecule has 2 nitrogen and oxygen atoms in total. The Hall–Kier alpha value is -7.07. The number of benzene rings is 8. The molecule has 0 radical (unpaired) electrons. The fourth-order valence-corrected chi connectivity index (χ4v) is 12.5. The van der Waals surface area contributed by atoms with Crippen molar-refractivity contribution < 1.29 is 0 Å². The average molecular weight is 767 g/mol. The average Bonchev–Trinajstić information content (AvgIpc) is 4.01. The molecule has 0 amide bonds. The van der Waals surface area contributed by atoms with Crippen LogP contribution in [-0.2, 0) is 5.41 Å². The SMILES string of the molecule is C1=C(c2nc3ccccc3c3c4c(ccc23)C2(c3ccccc3-c3ccccc32)c2ccccc2-4)CCC=C1n1c2ccccc2c2cc3c(cc21)sc1ccccc13. The minimum atomic E-state index is -0.395. The largest absolute Gasteiger partial charge is 0.310 e. The molecule has 14 rings (SSSR count). The van der Waals surface area contributed by atoms with Crippen LogP contribution in [0.5, 0.6) is 0 Å². The maximum Gasteiger partial charge on any atom is 0.0748 e. The van der Waals surface area contributed by atoms with Crippen molar-refractivity contribution in [1.29, 1.82) is 0 Å². The van der Waals surface area contributed by atoms with Crippen molar-refractivity contribution in [2.24, 2.45) is 0 Å². The summed E-state index contributed by atoms with van der Waals surface area (Å²) in [5.41, 5.74) is 17.5. The maximum absolute atomic E-state index is 5.57. The zero-order chi connectivity index (χ0) is 38.4. The van der Waals surface area contributed by atoms with Crippen LogP contribution in [0, 0.1) is 0 Å². The summed E-state index contributed by atoms with van der Waals surface area (Å²) in [6, 6.07) is 63.6. The smallest absolute Gasteiger partial charge is 0.0748 e. The third kappa shape index (κ3) is 4.03. The van der Waals surface area contributed by atoms with Gasteiger partial charge in [-0.05, 0) is 99.3 Å². The van der Waals surface area contributed by atoms with Gasteiger partial charge in [0.2, 0.25) is 0 Å². The van der Waals surface area contributed by atoms with E-state index in [-0.39, 0.29) is 0 Å². The molecule has 0 N–H and O–H groups in total. The molecule has 0 saturated heterocycles. The summed E-state index contributed by atoms with van der Waals surface area (Å²) in [7, 11) is 0. The Morgan fingerprint density at radius 1 is 0.492 bits per heavy atom. The summed E-state index contributed by atoms with van der Waals surface area (Å²) in [5, 5.41) is 8.98. The van der Waals surface area contributed by atoms with Gasteiger partial charge in [0.25, 0.3) is 0 Å². The molecule has 0 aliphatic heterocycles. The van der Waals surface area contributed by atoms with E-state index in [0.29, 0.717) is 0 Å². The van der Waals surface area contributed by atoms with Crippen molar-refractivity contribution in [2.75, 3.05) is 0 Å². The second-order valence-corrected chi connectivity index (χ2v) is 17.5. The summed E-state index contributed by atoms with van der Waals surface area (Å²) >= 11 is 1.89. The first-order valence-electron chi connectivity index (χ1n) is 20.7. The van der Waals surface area contributed by atoms with Crippen LogP contribution in [0.25, 0.3) is 97.2 Å². The number of nitrogens with zero attached hydrogens (tertiary/aromatic N) is 2. The first-order chi connectivity index (χ1) is 29.3. The molecule has 0 bridgehead atoms. The highest BCUT2D eigenvalue weighted by molar-refractivity contribution is 7.25. The number of allylic oxidation sites excluding steroid dienone is 4. The Bertz CT molecular complexity index is 3700. The van der Waals surface area contributed by atoms with E-state index in [2.05, 4.69) is 187 Å². The summed E-state index contributed by atoms with van der Waals surface area (Å²) in [6.45, 7) is 0. The minimum Gasteiger partial charge on any atom is -0.310 e. The maximum atomic E-state index is 5.57. The lowest BCUT2D eigenvalue weighted by atomic mass is 9.70. The van der Waals surface area contributed by atoms with Gasteiger partial charge >= 0.3 is 0 Å². The Morgan fingerprint density at radius 3 is 1.97 bits per heavy atom. The number of hydrogen-bond donors (Lipinski definition) is 0. The molecule has 3 aliphatic carbocycles. The molecule has 274 valence electrons. The van der Waals surface area contributed by atoms with Gasteiger partial charge in [-0.1, -0.05) is 146 Å². The van der Waals surface area contributed by atoms with Gasteiger partial charge in [-0.3, -0.25) is 0 Å². The van der Waals surface area contributed by atoms with Gasteiger partial charge in [0, 0.05) is 52.8 Å². The molecule has 3 aromatic heterocycles. The van der Waals surface area contributed by atoms with Crippen LogP contribution >= 0.6 is 11.3 Å². The Kier molecular flexibility index (Phi) is 6.24. The number of pyridine rings is 1. The predicted molar refractivity (Wildman–Crippen MR) is 249 cm³/mol. The van der Waals surface area contributed by atoms with Gasteiger partial charge in [0.1, 0.15) is 0 Å². The monoisotopic (exact) mass is 766 g/mol. The highest BCUT2D eigenvalue weighted by atomic mass is 32.1. The van der Waals surface area contributed by atoms with Gasteiger partial charge in [0.15, 0.2) is 0 Å². The van der Waals surface area contributed by atoms with Gasteiger partial charge in [0.05, 0.1) is 27.7 Å². The Morgan fingerprint density at radius 2 is 1.15 bits per heavy atom. The van der Waals surface area contributed by atoms with Crippen LogP contribution in [0.2, 0.25) is 0 Å². The predicted octanol–water partition coefficient (Wildman–Crippen LogP) is 14.9. The molecule has 3 aliphatic rings. The highest BCUT2D eigenvalue weighted by Crippen LogP contribution is 2.64. The van der Waals surface area contributed by atoms with Crippen molar-refractivity contribution in [1.82, 2.24) is 9.55 Å². The molecular weight excluding hydrogens is 733 g/mol. The minimum absolute atomic E-state index is 0.395. The van der Waals surface area contributed by atoms with Gasteiger partial charge < -0.3 is 4.57 Å². The van der Waals surface area contributed by atoms with E-state index in [1.54, 1.807) is 0 Å². The van der Waals surface area contributed by atoms with Crippen molar-refractivity contribution in [3.05, 3.63) is 210 Å². The van der Waals surface area contributed by atoms with E-state index in [1.807, 2.05) is 11.3 Å². The van der Waals surface area contributed by atoms with Crippen LogP contribution in [-0.4, -0.2) is 9.55 Å². The number of rotatable bonds is 2. The molecule has 0 saturated carbocycles.